The number of nitrogens with one attached hydrogen (secondary N) is 3. The Morgan fingerprint density at radius 3 is 2.27 bits per heavy atom. The van der Waals surface area contributed by atoms with E-state index in [9.17, 15) is 45.5 Å². The molecule has 9 nitrogen and oxygen atoms in total. The Morgan fingerprint density at radius 1 is 1.14 bits per heavy atom. The van der Waals surface area contributed by atoms with Gasteiger partial charge >= 0.3 is 12.5 Å². The molecule has 1 saturated heterocycles. The first-order valence-corrected chi connectivity index (χ1v) is 11.8. The molecule has 0 saturated carbocycles. The van der Waals surface area contributed by atoms with Gasteiger partial charge in [-0.15, -0.1) is 24.5 Å². The number of carbonyl (C=O) groups excluding carboxylic acids is 4. The van der Waals surface area contributed by atoms with E-state index in [0.717, 1.165) is 0 Å². The van der Waals surface area contributed by atoms with Gasteiger partial charge in [-0.05, 0) is 24.7 Å². The number of hydrogen-bond acceptors (Lipinski definition) is 7. The smallest absolute Gasteiger partial charge is 0.356 e. The molecule has 0 spiro atoms. The van der Waals surface area contributed by atoms with Crippen LogP contribution in [0.5, 0.6) is 0 Å². The van der Waals surface area contributed by atoms with Crippen LogP contribution in [0.15, 0.2) is 6.20 Å². The van der Waals surface area contributed by atoms with Gasteiger partial charge in [0.2, 0.25) is 11.8 Å². The van der Waals surface area contributed by atoms with Crippen molar-refractivity contribution < 1.29 is 50.3 Å². The minimum absolute atomic E-state index is 0.0423. The highest BCUT2D eigenvalue weighted by atomic mass is 32.1. The number of halogens is 6. The summed E-state index contributed by atoms with van der Waals surface area (Å²) in [5, 5.41) is 5.85. The summed E-state index contributed by atoms with van der Waals surface area (Å²) in [6.07, 6.45) is -9.25. The predicted molar refractivity (Wildman–Crippen MR) is 117 cm³/mol. The van der Waals surface area contributed by atoms with Crippen LogP contribution >= 0.6 is 11.3 Å². The first kappa shape index (κ1) is 30.5. The molecule has 2 heterocycles. The van der Waals surface area contributed by atoms with Gasteiger partial charge in [-0.25, -0.2) is 4.98 Å². The van der Waals surface area contributed by atoms with Crippen molar-refractivity contribution in [3.63, 3.8) is 0 Å². The summed E-state index contributed by atoms with van der Waals surface area (Å²) in [5.74, 6) is -4.34. The summed E-state index contributed by atoms with van der Waals surface area (Å²) in [6, 6.07) is -2.93. The summed E-state index contributed by atoms with van der Waals surface area (Å²) < 4.78 is 79.5. The molecule has 1 aromatic heterocycles. The average Bonchev–Trinajstić information content (AvgIpc) is 3.39. The van der Waals surface area contributed by atoms with Crippen LogP contribution in [-0.2, 0) is 25.3 Å². The van der Waals surface area contributed by atoms with E-state index in [2.05, 4.69) is 25.7 Å². The zero-order valence-corrected chi connectivity index (χ0v) is 20.8. The normalized spacial score (nSPS) is 18.2. The number of ether oxygens (including phenoxy) is 1. The molecule has 0 aromatic carbocycles. The monoisotopic (exact) mass is 560 g/mol. The molecule has 3 amide bonds. The number of thiazole rings is 1. The van der Waals surface area contributed by atoms with Crippen LogP contribution < -0.4 is 16.0 Å². The van der Waals surface area contributed by atoms with Gasteiger partial charge in [-0.1, -0.05) is 20.8 Å². The number of Topliss-reactive ketones (excluding diaryl/α,β-unsaturated/α-hetero) is 1. The SMILES string of the molecule is CC(C)(C)CC(NC(=O)c1cnc(C(F)(F)F)s1)C(=O)NC(CC1CCNC1=O)C(=O)COC(F)(F)F. The Balaban J connectivity index is 2.22. The number of rotatable bonds is 10. The number of nitrogens with zero attached hydrogens (tertiary/aromatic N) is 1. The van der Waals surface area contributed by atoms with E-state index < -0.39 is 76.0 Å². The summed E-state index contributed by atoms with van der Waals surface area (Å²) >= 11 is 0.0674. The van der Waals surface area contributed by atoms with Crippen LogP contribution in [0, 0.1) is 11.3 Å². The van der Waals surface area contributed by atoms with E-state index >= 15 is 0 Å². The molecule has 1 aliphatic heterocycles. The third-order valence-corrected chi connectivity index (χ3v) is 6.22. The fraction of sp³-hybridized carbons (Fsp3) is 0.667. The maximum absolute atomic E-state index is 13.1. The number of amides is 3. The van der Waals surface area contributed by atoms with Crippen LogP contribution in [0.2, 0.25) is 0 Å². The highest BCUT2D eigenvalue weighted by Gasteiger charge is 2.38. The number of ketones is 1. The predicted octanol–water partition coefficient (Wildman–Crippen LogP) is 2.81. The quantitative estimate of drug-likeness (QED) is 0.378. The largest absolute Gasteiger partial charge is 0.522 e. The molecule has 208 valence electrons. The molecule has 0 bridgehead atoms. The molecule has 16 heteroatoms. The second-order valence-corrected chi connectivity index (χ2v) is 10.6. The zero-order valence-electron chi connectivity index (χ0n) is 20.0. The number of hydrogen-bond donors (Lipinski definition) is 3. The molecule has 1 fully saturated rings. The standard InChI is InChI=1S/C21H26F6N4O5S/c1-19(2,3)7-12(31-17(35)14-8-29-18(37-14)20(22,23)24)16(34)30-11(6-10-4-5-28-15(10)33)13(32)9-36-21(25,26)27/h8,10-12H,4-7,9H2,1-3H3,(H,28,33)(H,30,34)(H,31,35). The summed E-state index contributed by atoms with van der Waals surface area (Å²) in [5.41, 5.74) is -0.607. The van der Waals surface area contributed by atoms with Gasteiger partial charge in [0.25, 0.3) is 5.91 Å². The topological polar surface area (TPSA) is 126 Å². The van der Waals surface area contributed by atoms with Crippen molar-refractivity contribution in [1.82, 2.24) is 20.9 Å². The maximum Gasteiger partial charge on any atom is 0.522 e. The molecule has 3 unspecified atom stereocenters. The molecular weight excluding hydrogens is 534 g/mol. The van der Waals surface area contributed by atoms with Crippen molar-refractivity contribution >= 4 is 34.8 Å². The lowest BCUT2D eigenvalue weighted by Gasteiger charge is -2.28. The minimum Gasteiger partial charge on any atom is -0.356 e. The van der Waals surface area contributed by atoms with Crippen molar-refractivity contribution in [2.45, 2.75) is 64.7 Å². The van der Waals surface area contributed by atoms with Crippen molar-refractivity contribution in [3.8, 4) is 0 Å². The average molecular weight is 561 g/mol. The van der Waals surface area contributed by atoms with Crippen LogP contribution in [0.1, 0.15) is 54.7 Å². The molecule has 1 aromatic rings. The lowest BCUT2D eigenvalue weighted by atomic mass is 9.87. The van der Waals surface area contributed by atoms with E-state index in [1.54, 1.807) is 20.8 Å². The van der Waals surface area contributed by atoms with Crippen molar-refractivity contribution in [3.05, 3.63) is 16.1 Å². The third-order valence-electron chi connectivity index (χ3n) is 5.18. The Hall–Kier alpha value is -2.75. The molecule has 1 aliphatic rings. The van der Waals surface area contributed by atoms with E-state index in [1.807, 2.05) is 0 Å². The van der Waals surface area contributed by atoms with Crippen molar-refractivity contribution in [2.75, 3.05) is 13.2 Å². The Kier molecular flexibility index (Phi) is 9.68. The highest BCUT2D eigenvalue weighted by molar-refractivity contribution is 7.13. The Labute approximate surface area is 211 Å². The second kappa shape index (κ2) is 11.8. The maximum atomic E-state index is 13.1. The van der Waals surface area contributed by atoms with Crippen LogP contribution in [-0.4, -0.2) is 60.1 Å². The fourth-order valence-corrected chi connectivity index (χ4v) is 4.20. The molecule has 2 rings (SSSR count). The first-order chi connectivity index (χ1) is 16.9. The first-order valence-electron chi connectivity index (χ1n) is 11.0. The van der Waals surface area contributed by atoms with Gasteiger partial charge in [-0.2, -0.15) is 13.2 Å². The number of carbonyl (C=O) groups is 4. The van der Waals surface area contributed by atoms with Crippen LogP contribution in [0.25, 0.3) is 0 Å². The highest BCUT2D eigenvalue weighted by Crippen LogP contribution is 2.32. The third kappa shape index (κ3) is 9.91. The van der Waals surface area contributed by atoms with Gasteiger partial charge in [0.1, 0.15) is 17.5 Å². The lowest BCUT2D eigenvalue weighted by Crippen LogP contribution is -2.53. The summed E-state index contributed by atoms with van der Waals surface area (Å²) in [7, 11) is 0. The van der Waals surface area contributed by atoms with Crippen LogP contribution in [0.4, 0.5) is 26.3 Å². The molecule has 0 radical (unpaired) electrons. The van der Waals surface area contributed by atoms with Crippen molar-refractivity contribution in [2.24, 2.45) is 11.3 Å². The summed E-state index contributed by atoms with van der Waals surface area (Å²) in [6.45, 7) is 3.98. The second-order valence-electron chi connectivity index (χ2n) is 9.59. The van der Waals surface area contributed by atoms with Gasteiger partial charge in [0, 0.05) is 12.5 Å². The van der Waals surface area contributed by atoms with E-state index in [4.69, 9.17) is 0 Å². The van der Waals surface area contributed by atoms with Crippen molar-refractivity contribution in [1.29, 1.82) is 0 Å². The molecule has 3 N–H and O–H groups in total. The number of alkyl halides is 6. The van der Waals surface area contributed by atoms with Crippen LogP contribution in [0.3, 0.4) is 0 Å². The zero-order chi connectivity index (χ0) is 28.2. The Morgan fingerprint density at radius 2 is 1.78 bits per heavy atom. The molecular formula is C21H26F6N4O5S. The van der Waals surface area contributed by atoms with E-state index in [-0.39, 0.29) is 37.1 Å². The number of aromatic nitrogens is 1. The van der Waals surface area contributed by atoms with E-state index in [1.165, 1.54) is 0 Å². The van der Waals surface area contributed by atoms with Gasteiger partial charge < -0.3 is 16.0 Å². The van der Waals surface area contributed by atoms with Gasteiger partial charge in [0.05, 0.1) is 12.2 Å². The lowest BCUT2D eigenvalue weighted by molar-refractivity contribution is -0.321. The molecule has 3 atom stereocenters. The van der Waals surface area contributed by atoms with Gasteiger partial charge in [-0.3, -0.25) is 23.9 Å². The minimum atomic E-state index is -5.11. The van der Waals surface area contributed by atoms with E-state index in [0.29, 0.717) is 6.20 Å². The summed E-state index contributed by atoms with van der Waals surface area (Å²) in [4.78, 5) is 52.8. The van der Waals surface area contributed by atoms with Gasteiger partial charge in [0.15, 0.2) is 10.8 Å². The molecule has 0 aliphatic carbocycles. The molecule has 37 heavy (non-hydrogen) atoms. The Bertz CT molecular complexity index is 1000. The fourth-order valence-electron chi connectivity index (χ4n) is 3.51.